The third-order valence-electron chi connectivity index (χ3n) is 9.14. The number of allylic oxidation sites excluding steroid dienone is 1. The quantitative estimate of drug-likeness (QED) is 0.143. The van der Waals surface area contributed by atoms with E-state index in [-0.39, 0.29) is 11.0 Å². The van der Waals surface area contributed by atoms with Crippen LogP contribution in [0, 0.1) is 0 Å². The highest BCUT2D eigenvalue weighted by Gasteiger charge is 2.62. The minimum atomic E-state index is -0.203. The molecule has 1 spiro atoms. The van der Waals surface area contributed by atoms with Crippen LogP contribution in [0.3, 0.4) is 0 Å². The van der Waals surface area contributed by atoms with E-state index in [9.17, 15) is 0 Å². The van der Waals surface area contributed by atoms with Crippen molar-refractivity contribution < 1.29 is 4.58 Å². The van der Waals surface area contributed by atoms with Crippen LogP contribution in [0.4, 0.5) is 0 Å². The molecule has 1 nitrogen and oxygen atoms in total. The van der Waals surface area contributed by atoms with Crippen molar-refractivity contribution in [3.8, 4) is 0 Å². The molecule has 5 aromatic rings. The summed E-state index contributed by atoms with van der Waals surface area (Å²) in [7, 11) is 0. The number of fused-ring (bicyclic) bond motifs is 2. The number of nitrogens with zero attached hydrogens (tertiary/aromatic N) is 1. The number of hydrogen-bond donors (Lipinski definition) is 0. The van der Waals surface area contributed by atoms with E-state index in [0.29, 0.717) is 5.92 Å². The van der Waals surface area contributed by atoms with Crippen LogP contribution in [-0.4, -0.2) is 16.3 Å². The minimum absolute atomic E-state index is 0.0998. The molecular formula is C35H28N+. The van der Waals surface area contributed by atoms with Crippen LogP contribution in [0.15, 0.2) is 115 Å². The van der Waals surface area contributed by atoms with E-state index >= 15 is 0 Å². The number of benzene rings is 5. The zero-order valence-corrected chi connectivity index (χ0v) is 20.7. The van der Waals surface area contributed by atoms with Crippen LogP contribution in [-0.2, 0) is 12.0 Å². The molecule has 9 rings (SSSR count). The Labute approximate surface area is 212 Å². The largest absolute Gasteiger partial charge is 0.225 e. The van der Waals surface area contributed by atoms with Crippen molar-refractivity contribution in [2.75, 3.05) is 0 Å². The van der Waals surface area contributed by atoms with Gasteiger partial charge in [-0.05, 0) is 49.9 Å². The first-order valence-corrected chi connectivity index (χ1v) is 13.0. The Balaban J connectivity index is 1.41. The maximum Gasteiger partial charge on any atom is 0.180 e. The van der Waals surface area contributed by atoms with Gasteiger partial charge in [-0.15, -0.1) is 0 Å². The monoisotopic (exact) mass is 462 g/mol. The van der Waals surface area contributed by atoms with E-state index in [2.05, 4.69) is 134 Å². The van der Waals surface area contributed by atoms with Gasteiger partial charge in [-0.1, -0.05) is 103 Å². The van der Waals surface area contributed by atoms with Crippen molar-refractivity contribution >= 4 is 27.8 Å². The highest BCUT2D eigenvalue weighted by Crippen LogP contribution is 2.60. The van der Waals surface area contributed by atoms with Crippen molar-refractivity contribution in [3.05, 3.63) is 143 Å². The normalized spacial score (nSPS) is 22.7. The Morgan fingerprint density at radius 2 is 1.19 bits per heavy atom. The van der Waals surface area contributed by atoms with Crippen LogP contribution >= 0.6 is 0 Å². The summed E-state index contributed by atoms with van der Waals surface area (Å²) < 4.78 is 2.63. The van der Waals surface area contributed by atoms with E-state index < -0.39 is 0 Å². The van der Waals surface area contributed by atoms with Gasteiger partial charge in [0.05, 0.1) is 0 Å². The third-order valence-corrected chi connectivity index (χ3v) is 9.14. The molecule has 0 unspecified atom stereocenters. The molecule has 36 heavy (non-hydrogen) atoms. The van der Waals surface area contributed by atoms with Crippen molar-refractivity contribution in [2.45, 2.75) is 37.3 Å². The Kier molecular flexibility index (Phi) is 3.84. The summed E-state index contributed by atoms with van der Waals surface area (Å²) in [5.41, 5.74) is 8.49. The van der Waals surface area contributed by atoms with Gasteiger partial charge >= 0.3 is 0 Å². The van der Waals surface area contributed by atoms with Gasteiger partial charge < -0.3 is 0 Å². The topological polar surface area (TPSA) is 3.01 Å². The van der Waals surface area contributed by atoms with E-state index in [1.165, 1.54) is 54.9 Å². The molecule has 2 bridgehead atoms. The molecule has 0 amide bonds. The molecule has 3 aliphatic carbocycles. The summed E-state index contributed by atoms with van der Waals surface area (Å²) in [5.74, 6) is 0.334. The molecule has 0 saturated carbocycles. The zero-order valence-electron chi connectivity index (χ0n) is 20.7. The van der Waals surface area contributed by atoms with E-state index in [4.69, 9.17) is 0 Å². The molecule has 0 atom stereocenters. The molecule has 5 aromatic carbocycles. The Morgan fingerprint density at radius 3 is 1.81 bits per heavy atom. The fraction of sp³-hybridized carbons (Fsp3) is 0.171. The van der Waals surface area contributed by atoms with Crippen LogP contribution in [0.1, 0.15) is 47.6 Å². The van der Waals surface area contributed by atoms with Gasteiger partial charge in [-0.2, -0.15) is 0 Å². The molecule has 0 saturated heterocycles. The minimum Gasteiger partial charge on any atom is -0.225 e. The van der Waals surface area contributed by atoms with Crippen LogP contribution < -0.4 is 0 Å². The molecule has 0 fully saturated rings. The van der Waals surface area contributed by atoms with Crippen molar-refractivity contribution in [2.24, 2.45) is 0 Å². The fourth-order valence-electron chi connectivity index (χ4n) is 7.47. The molecule has 1 heteroatoms. The second-order valence-corrected chi connectivity index (χ2v) is 11.2. The summed E-state index contributed by atoms with van der Waals surface area (Å²) in [6.45, 7) is 5.72. The van der Waals surface area contributed by atoms with Gasteiger partial charge in [0.15, 0.2) is 18.3 Å². The summed E-state index contributed by atoms with van der Waals surface area (Å²) in [6, 6.07) is 38.3. The van der Waals surface area contributed by atoms with Crippen LogP contribution in [0.2, 0.25) is 0 Å². The molecule has 4 aliphatic rings. The SMILES string of the molecule is CC1(C)C2=CC3c4ccccc4C2(C=[N+]1Cc1c2ccccc2cc2ccccc12)c1ccccc13. The van der Waals surface area contributed by atoms with Gasteiger partial charge in [0, 0.05) is 30.9 Å². The van der Waals surface area contributed by atoms with E-state index in [1.54, 1.807) is 0 Å². The fourth-order valence-corrected chi connectivity index (χ4v) is 7.47. The molecule has 172 valence electrons. The Hall–Kier alpha value is -3.97. The summed E-state index contributed by atoms with van der Waals surface area (Å²) in [5, 5.41) is 5.34. The Bertz CT molecular complexity index is 1700. The maximum absolute atomic E-state index is 2.63. The lowest BCUT2D eigenvalue weighted by Gasteiger charge is -2.44. The van der Waals surface area contributed by atoms with Gasteiger partial charge in [-0.25, -0.2) is 4.58 Å². The van der Waals surface area contributed by atoms with E-state index in [1.807, 2.05) is 0 Å². The molecule has 0 aromatic heterocycles. The Morgan fingerprint density at radius 1 is 0.667 bits per heavy atom. The van der Waals surface area contributed by atoms with Crippen molar-refractivity contribution in [3.63, 3.8) is 0 Å². The molecule has 0 radical (unpaired) electrons. The second-order valence-electron chi connectivity index (χ2n) is 11.2. The number of rotatable bonds is 2. The summed E-state index contributed by atoms with van der Waals surface area (Å²) >= 11 is 0. The van der Waals surface area contributed by atoms with Gasteiger partial charge in [0.1, 0.15) is 5.41 Å². The van der Waals surface area contributed by atoms with Crippen molar-refractivity contribution in [1.29, 1.82) is 0 Å². The first kappa shape index (κ1) is 20.2. The average molecular weight is 463 g/mol. The lowest BCUT2D eigenvalue weighted by atomic mass is 9.54. The summed E-state index contributed by atoms with van der Waals surface area (Å²) in [4.78, 5) is 0. The lowest BCUT2D eigenvalue weighted by molar-refractivity contribution is -0.594. The molecule has 1 heterocycles. The predicted octanol–water partition coefficient (Wildman–Crippen LogP) is 7.74. The molecule has 0 N–H and O–H groups in total. The standard InChI is InChI=1S/C35H28N/c1-34(2)33-20-29-27-15-7-9-17-31(27)35(33,32-18-10-8-16-28(29)32)22-36(34)21-30-25-13-5-3-11-23(25)19-24-12-4-6-14-26(24)30/h3-20,22,29H,21H2,1-2H3/q+1. The maximum atomic E-state index is 2.63. The van der Waals surface area contributed by atoms with Gasteiger partial charge in [-0.3, -0.25) is 0 Å². The number of hydrogen-bond acceptors (Lipinski definition) is 0. The predicted molar refractivity (Wildman–Crippen MR) is 149 cm³/mol. The highest BCUT2D eigenvalue weighted by molar-refractivity contribution is 6.02. The lowest BCUT2D eigenvalue weighted by Crippen LogP contribution is -2.44. The first-order valence-electron chi connectivity index (χ1n) is 13.0. The molecular weight excluding hydrogens is 434 g/mol. The third kappa shape index (κ3) is 2.38. The van der Waals surface area contributed by atoms with Gasteiger partial charge in [0.2, 0.25) is 0 Å². The van der Waals surface area contributed by atoms with Gasteiger partial charge in [0.25, 0.3) is 0 Å². The summed E-state index contributed by atoms with van der Waals surface area (Å²) in [6.07, 6.45) is 5.16. The van der Waals surface area contributed by atoms with Crippen LogP contribution in [0.25, 0.3) is 21.5 Å². The molecule has 1 aliphatic heterocycles. The first-order chi connectivity index (χ1) is 17.6. The highest BCUT2D eigenvalue weighted by atomic mass is 15.1. The van der Waals surface area contributed by atoms with Crippen molar-refractivity contribution in [1.82, 2.24) is 0 Å². The van der Waals surface area contributed by atoms with E-state index in [0.717, 1.165) is 6.54 Å². The smallest absolute Gasteiger partial charge is 0.180 e. The zero-order chi connectivity index (χ0) is 24.1. The average Bonchev–Trinajstić information content (AvgIpc) is 3.16. The second kappa shape index (κ2) is 6.83. The van der Waals surface area contributed by atoms with Crippen LogP contribution in [0.5, 0.6) is 0 Å².